The molecule has 0 aromatic heterocycles. The van der Waals surface area contributed by atoms with Crippen molar-refractivity contribution in [2.24, 2.45) is 0 Å². The van der Waals surface area contributed by atoms with Gasteiger partial charge in [-0.3, -0.25) is 9.59 Å². The molecule has 7 nitrogen and oxygen atoms in total. The van der Waals surface area contributed by atoms with E-state index in [9.17, 15) is 9.59 Å². The zero-order chi connectivity index (χ0) is 26.9. The number of hydrogen-bond donors (Lipinski definition) is 0. The van der Waals surface area contributed by atoms with Crippen molar-refractivity contribution in [1.29, 1.82) is 0 Å². The number of ether oxygens (including phenoxy) is 2. The van der Waals surface area contributed by atoms with Crippen LogP contribution in [-0.4, -0.2) is 56.6 Å². The summed E-state index contributed by atoms with van der Waals surface area (Å²) in [5.41, 5.74) is 4.45. The molecule has 2 aliphatic heterocycles. The van der Waals surface area contributed by atoms with Gasteiger partial charge >= 0.3 is 0 Å². The number of nitrogens with zero attached hydrogens (tertiary/aromatic N) is 3. The summed E-state index contributed by atoms with van der Waals surface area (Å²) in [6.45, 7) is 9.57. The van der Waals surface area contributed by atoms with Gasteiger partial charge in [0.05, 0.1) is 25.0 Å². The molecule has 38 heavy (non-hydrogen) atoms. The van der Waals surface area contributed by atoms with Crippen LogP contribution in [0.25, 0.3) is 0 Å². The van der Waals surface area contributed by atoms with Crippen LogP contribution in [0.3, 0.4) is 0 Å². The molecule has 5 rings (SSSR count). The zero-order valence-corrected chi connectivity index (χ0v) is 22.6. The summed E-state index contributed by atoms with van der Waals surface area (Å²) in [5, 5.41) is 0. The van der Waals surface area contributed by atoms with Crippen molar-refractivity contribution < 1.29 is 19.1 Å². The highest BCUT2D eigenvalue weighted by Crippen LogP contribution is 2.37. The van der Waals surface area contributed by atoms with E-state index in [2.05, 4.69) is 37.8 Å². The number of fused-ring (bicyclic) bond motifs is 1. The second kappa shape index (κ2) is 10.4. The molecule has 0 atom stereocenters. The molecule has 3 aromatic rings. The Kier molecular flexibility index (Phi) is 7.02. The summed E-state index contributed by atoms with van der Waals surface area (Å²) in [7, 11) is 1.68. The molecular formula is C31H35N3O4. The molecule has 0 spiro atoms. The van der Waals surface area contributed by atoms with E-state index in [1.807, 2.05) is 59.5 Å². The average Bonchev–Trinajstić information content (AvgIpc) is 2.93. The Morgan fingerprint density at radius 1 is 0.921 bits per heavy atom. The lowest BCUT2D eigenvalue weighted by Gasteiger charge is -2.36. The SMILES string of the molecule is COc1ccccc1N1CCN(C(=O)c2cccc(CN3C(=O)COc4ccc(C(C)(C)C)cc43)c2)CC1. The smallest absolute Gasteiger partial charge is 0.265 e. The highest BCUT2D eigenvalue weighted by molar-refractivity contribution is 5.98. The minimum atomic E-state index is -0.0900. The van der Waals surface area contributed by atoms with Gasteiger partial charge in [0.25, 0.3) is 11.8 Å². The molecule has 2 amide bonds. The van der Waals surface area contributed by atoms with E-state index in [0.29, 0.717) is 30.9 Å². The number of piperazine rings is 1. The first kappa shape index (κ1) is 25.6. The van der Waals surface area contributed by atoms with Crippen LogP contribution in [-0.2, 0) is 16.8 Å². The summed E-state index contributed by atoms with van der Waals surface area (Å²) in [4.78, 5) is 32.2. The average molecular weight is 514 g/mol. The molecule has 0 aliphatic carbocycles. The van der Waals surface area contributed by atoms with Gasteiger partial charge in [-0.05, 0) is 52.9 Å². The monoisotopic (exact) mass is 513 g/mol. The second-order valence-electron chi connectivity index (χ2n) is 10.9. The van der Waals surface area contributed by atoms with Crippen molar-refractivity contribution in [3.8, 4) is 11.5 Å². The second-order valence-corrected chi connectivity index (χ2v) is 10.9. The number of hydrogen-bond acceptors (Lipinski definition) is 5. The Morgan fingerprint density at radius 3 is 2.42 bits per heavy atom. The minimum absolute atomic E-state index is 0.00949. The van der Waals surface area contributed by atoms with Crippen LogP contribution in [0.15, 0.2) is 66.7 Å². The fourth-order valence-corrected chi connectivity index (χ4v) is 5.05. The molecule has 1 saturated heterocycles. The molecular weight excluding hydrogens is 478 g/mol. The van der Waals surface area contributed by atoms with Crippen LogP contribution >= 0.6 is 0 Å². The Bertz CT molecular complexity index is 1340. The molecule has 3 aromatic carbocycles. The van der Waals surface area contributed by atoms with Crippen LogP contribution in [0.5, 0.6) is 11.5 Å². The highest BCUT2D eigenvalue weighted by Gasteiger charge is 2.28. The number of rotatable bonds is 5. The minimum Gasteiger partial charge on any atom is -0.495 e. The maximum atomic E-state index is 13.4. The summed E-state index contributed by atoms with van der Waals surface area (Å²) < 4.78 is 11.2. The molecule has 1 fully saturated rings. The van der Waals surface area contributed by atoms with E-state index in [1.165, 1.54) is 0 Å². The van der Waals surface area contributed by atoms with Crippen LogP contribution < -0.4 is 19.3 Å². The number of methoxy groups -OCH3 is 1. The Hall–Kier alpha value is -4.00. The molecule has 2 heterocycles. The summed E-state index contributed by atoms with van der Waals surface area (Å²) in [6, 6.07) is 21.6. The fourth-order valence-electron chi connectivity index (χ4n) is 5.05. The Balaban J connectivity index is 1.30. The fraction of sp³-hybridized carbons (Fsp3) is 0.355. The van der Waals surface area contributed by atoms with Crippen LogP contribution in [0.4, 0.5) is 11.4 Å². The van der Waals surface area contributed by atoms with Crippen molar-refractivity contribution in [3.63, 3.8) is 0 Å². The van der Waals surface area contributed by atoms with Crippen LogP contribution in [0, 0.1) is 0 Å². The van der Waals surface area contributed by atoms with E-state index in [0.717, 1.165) is 41.3 Å². The van der Waals surface area contributed by atoms with Gasteiger partial charge in [-0.2, -0.15) is 0 Å². The van der Waals surface area contributed by atoms with Gasteiger partial charge in [0.15, 0.2) is 6.61 Å². The predicted molar refractivity (Wildman–Crippen MR) is 149 cm³/mol. The van der Waals surface area contributed by atoms with E-state index >= 15 is 0 Å². The van der Waals surface area contributed by atoms with Gasteiger partial charge in [-0.25, -0.2) is 0 Å². The normalized spacial score (nSPS) is 15.7. The van der Waals surface area contributed by atoms with E-state index in [-0.39, 0.29) is 23.8 Å². The highest BCUT2D eigenvalue weighted by atomic mass is 16.5. The quantitative estimate of drug-likeness (QED) is 0.487. The molecule has 0 bridgehead atoms. The first-order valence-corrected chi connectivity index (χ1v) is 13.1. The van der Waals surface area contributed by atoms with E-state index < -0.39 is 0 Å². The largest absolute Gasteiger partial charge is 0.495 e. The lowest BCUT2D eigenvalue weighted by Crippen LogP contribution is -2.48. The molecule has 2 aliphatic rings. The van der Waals surface area contributed by atoms with Gasteiger partial charge in [-0.1, -0.05) is 51.1 Å². The molecule has 0 unspecified atom stereocenters. The molecule has 7 heteroatoms. The number of amides is 2. The number of para-hydroxylation sites is 2. The molecule has 198 valence electrons. The maximum absolute atomic E-state index is 13.4. The number of carbonyl (C=O) groups is 2. The maximum Gasteiger partial charge on any atom is 0.265 e. The number of benzene rings is 3. The van der Waals surface area contributed by atoms with Crippen molar-refractivity contribution in [2.75, 3.05) is 49.7 Å². The molecule has 0 saturated carbocycles. The van der Waals surface area contributed by atoms with E-state index in [4.69, 9.17) is 9.47 Å². The third-order valence-corrected chi connectivity index (χ3v) is 7.28. The van der Waals surface area contributed by atoms with Gasteiger partial charge in [0, 0.05) is 31.7 Å². The first-order valence-electron chi connectivity index (χ1n) is 13.1. The third-order valence-electron chi connectivity index (χ3n) is 7.28. The Labute approximate surface area is 224 Å². The Morgan fingerprint density at radius 2 is 1.68 bits per heavy atom. The van der Waals surface area contributed by atoms with Crippen molar-refractivity contribution in [1.82, 2.24) is 4.90 Å². The number of carbonyl (C=O) groups excluding carboxylic acids is 2. The topological polar surface area (TPSA) is 62.3 Å². The third kappa shape index (κ3) is 5.19. The van der Waals surface area contributed by atoms with Gasteiger partial charge in [0.2, 0.25) is 0 Å². The lowest BCUT2D eigenvalue weighted by atomic mass is 9.86. The van der Waals surface area contributed by atoms with Crippen molar-refractivity contribution in [2.45, 2.75) is 32.7 Å². The van der Waals surface area contributed by atoms with Gasteiger partial charge in [0.1, 0.15) is 11.5 Å². The summed E-state index contributed by atoms with van der Waals surface area (Å²) in [6.07, 6.45) is 0. The predicted octanol–water partition coefficient (Wildman–Crippen LogP) is 4.88. The zero-order valence-electron chi connectivity index (χ0n) is 22.6. The first-order chi connectivity index (χ1) is 18.2. The van der Waals surface area contributed by atoms with Gasteiger partial charge in [-0.15, -0.1) is 0 Å². The lowest BCUT2D eigenvalue weighted by molar-refractivity contribution is -0.121. The summed E-state index contributed by atoms with van der Waals surface area (Å²) >= 11 is 0. The van der Waals surface area contributed by atoms with Crippen LogP contribution in [0.2, 0.25) is 0 Å². The molecule has 0 radical (unpaired) electrons. The van der Waals surface area contributed by atoms with E-state index in [1.54, 1.807) is 12.0 Å². The van der Waals surface area contributed by atoms with Crippen molar-refractivity contribution in [3.05, 3.63) is 83.4 Å². The van der Waals surface area contributed by atoms with Crippen LogP contribution in [0.1, 0.15) is 42.3 Å². The summed E-state index contributed by atoms with van der Waals surface area (Å²) in [5.74, 6) is 1.47. The number of anilines is 2. The standard InChI is InChI=1S/C31H35N3O4/c1-31(2,3)24-12-13-28-26(19-24)34(29(35)21-38-28)20-22-8-7-9-23(18-22)30(36)33-16-14-32(15-17-33)25-10-5-6-11-27(25)37-4/h5-13,18-19H,14-17,20-21H2,1-4H3. The van der Waals surface area contributed by atoms with Crippen molar-refractivity contribution >= 4 is 23.2 Å². The van der Waals surface area contributed by atoms with Gasteiger partial charge < -0.3 is 24.2 Å². The molecule has 0 N–H and O–H groups in total.